The standard InChI is InChI=1S/C5H8N2OS/c1-4(2)8-5-6-3-7-9-5/h3-4H,1-2H3. The molecule has 1 rings (SSSR count). The maximum atomic E-state index is 5.20. The van der Waals surface area contributed by atoms with Crippen molar-refractivity contribution < 1.29 is 4.74 Å². The molecule has 3 nitrogen and oxygen atoms in total. The second-order valence-electron chi connectivity index (χ2n) is 1.87. The average molecular weight is 144 g/mol. The Hall–Kier alpha value is -0.640. The fourth-order valence-electron chi connectivity index (χ4n) is 0.417. The minimum absolute atomic E-state index is 0.193. The smallest absolute Gasteiger partial charge is 0.293 e. The molecule has 1 heterocycles. The number of rotatable bonds is 2. The highest BCUT2D eigenvalue weighted by Gasteiger charge is 1.97. The molecule has 0 spiro atoms. The van der Waals surface area contributed by atoms with Crippen LogP contribution in [0, 0.1) is 0 Å². The van der Waals surface area contributed by atoms with Gasteiger partial charge in [0.25, 0.3) is 5.19 Å². The van der Waals surface area contributed by atoms with E-state index in [1.54, 1.807) is 0 Å². The van der Waals surface area contributed by atoms with Gasteiger partial charge in [-0.25, -0.2) is 0 Å². The lowest BCUT2D eigenvalue weighted by Gasteiger charge is -2.02. The fourth-order valence-corrected chi connectivity index (χ4v) is 0.931. The third-order valence-corrected chi connectivity index (χ3v) is 1.24. The van der Waals surface area contributed by atoms with E-state index in [-0.39, 0.29) is 6.10 Å². The average Bonchev–Trinajstić information content (AvgIpc) is 2.15. The van der Waals surface area contributed by atoms with Crippen molar-refractivity contribution in [3.63, 3.8) is 0 Å². The van der Waals surface area contributed by atoms with Crippen LogP contribution in [0.25, 0.3) is 0 Å². The van der Waals surface area contributed by atoms with Crippen molar-refractivity contribution in [1.29, 1.82) is 0 Å². The van der Waals surface area contributed by atoms with E-state index < -0.39 is 0 Å². The van der Waals surface area contributed by atoms with Gasteiger partial charge in [0.15, 0.2) is 0 Å². The molecule has 1 aromatic rings. The number of hydrogen-bond acceptors (Lipinski definition) is 4. The summed E-state index contributed by atoms with van der Waals surface area (Å²) in [6, 6.07) is 0. The molecule has 1 aromatic heterocycles. The fraction of sp³-hybridized carbons (Fsp3) is 0.600. The topological polar surface area (TPSA) is 35.0 Å². The lowest BCUT2D eigenvalue weighted by atomic mass is 10.5. The van der Waals surface area contributed by atoms with Gasteiger partial charge in [-0.1, -0.05) is 0 Å². The van der Waals surface area contributed by atoms with Gasteiger partial charge < -0.3 is 4.74 Å². The van der Waals surface area contributed by atoms with Crippen molar-refractivity contribution in [3.8, 4) is 5.19 Å². The van der Waals surface area contributed by atoms with E-state index in [0.29, 0.717) is 5.19 Å². The van der Waals surface area contributed by atoms with Gasteiger partial charge in [0.2, 0.25) is 0 Å². The van der Waals surface area contributed by atoms with Gasteiger partial charge in [-0.2, -0.15) is 9.36 Å². The zero-order valence-corrected chi connectivity index (χ0v) is 6.18. The van der Waals surface area contributed by atoms with Gasteiger partial charge in [0.05, 0.1) is 6.10 Å². The summed E-state index contributed by atoms with van der Waals surface area (Å²) in [5.41, 5.74) is 0. The van der Waals surface area contributed by atoms with Crippen LogP contribution in [0.15, 0.2) is 6.33 Å². The molecule has 0 unspecified atom stereocenters. The van der Waals surface area contributed by atoms with E-state index in [1.807, 2.05) is 13.8 Å². The van der Waals surface area contributed by atoms with Crippen molar-refractivity contribution >= 4 is 11.5 Å². The molecule has 4 heteroatoms. The summed E-state index contributed by atoms with van der Waals surface area (Å²) in [7, 11) is 0. The van der Waals surface area contributed by atoms with Crippen molar-refractivity contribution in [2.75, 3.05) is 0 Å². The maximum Gasteiger partial charge on any atom is 0.293 e. The highest BCUT2D eigenvalue weighted by atomic mass is 32.1. The minimum atomic E-state index is 0.193. The highest BCUT2D eigenvalue weighted by Crippen LogP contribution is 2.11. The first kappa shape index (κ1) is 6.48. The molecule has 50 valence electrons. The molecular weight excluding hydrogens is 136 g/mol. The summed E-state index contributed by atoms with van der Waals surface area (Å²) >= 11 is 1.27. The second kappa shape index (κ2) is 2.77. The van der Waals surface area contributed by atoms with Gasteiger partial charge in [-0.15, -0.1) is 0 Å². The molecular formula is C5H8N2OS. The Balaban J connectivity index is 2.48. The summed E-state index contributed by atoms with van der Waals surface area (Å²) in [4.78, 5) is 3.84. The third kappa shape index (κ3) is 1.97. The Bertz CT molecular complexity index is 161. The van der Waals surface area contributed by atoms with E-state index in [1.165, 1.54) is 17.9 Å². The van der Waals surface area contributed by atoms with Gasteiger partial charge in [0, 0.05) is 11.5 Å². The van der Waals surface area contributed by atoms with Crippen LogP contribution in [0.4, 0.5) is 0 Å². The van der Waals surface area contributed by atoms with Gasteiger partial charge in [-0.05, 0) is 13.8 Å². The predicted molar refractivity (Wildman–Crippen MR) is 35.7 cm³/mol. The molecule has 0 aromatic carbocycles. The monoisotopic (exact) mass is 144 g/mol. The van der Waals surface area contributed by atoms with Crippen LogP contribution in [0.2, 0.25) is 0 Å². The van der Waals surface area contributed by atoms with Crippen molar-refractivity contribution in [1.82, 2.24) is 9.36 Å². The first-order valence-corrected chi connectivity index (χ1v) is 3.49. The molecule has 0 saturated heterocycles. The maximum absolute atomic E-state index is 5.20. The Kier molecular flexibility index (Phi) is 2.00. The molecule has 0 N–H and O–H groups in total. The van der Waals surface area contributed by atoms with Crippen molar-refractivity contribution in [2.24, 2.45) is 0 Å². The number of aromatic nitrogens is 2. The lowest BCUT2D eigenvalue weighted by molar-refractivity contribution is 0.241. The van der Waals surface area contributed by atoms with Gasteiger partial charge in [0.1, 0.15) is 6.33 Å². The van der Waals surface area contributed by atoms with Crippen molar-refractivity contribution in [3.05, 3.63) is 6.33 Å². The molecule has 0 bridgehead atoms. The van der Waals surface area contributed by atoms with Crippen LogP contribution >= 0.6 is 11.5 Å². The van der Waals surface area contributed by atoms with E-state index >= 15 is 0 Å². The van der Waals surface area contributed by atoms with Crippen LogP contribution in [0.1, 0.15) is 13.8 Å². The van der Waals surface area contributed by atoms with Crippen LogP contribution in [-0.2, 0) is 0 Å². The lowest BCUT2D eigenvalue weighted by Crippen LogP contribution is -2.04. The summed E-state index contributed by atoms with van der Waals surface area (Å²) in [6.45, 7) is 3.92. The SMILES string of the molecule is CC(C)Oc1ncns1. The van der Waals surface area contributed by atoms with Crippen LogP contribution in [-0.4, -0.2) is 15.5 Å². The zero-order valence-electron chi connectivity index (χ0n) is 5.37. The van der Waals surface area contributed by atoms with Gasteiger partial charge in [-0.3, -0.25) is 0 Å². The number of ether oxygens (including phenoxy) is 1. The van der Waals surface area contributed by atoms with E-state index in [9.17, 15) is 0 Å². The molecule has 0 radical (unpaired) electrons. The van der Waals surface area contributed by atoms with Crippen LogP contribution in [0.5, 0.6) is 5.19 Å². The molecule has 0 fully saturated rings. The molecule has 0 amide bonds. The first-order chi connectivity index (χ1) is 4.29. The minimum Gasteiger partial charge on any atom is -0.466 e. The largest absolute Gasteiger partial charge is 0.466 e. The third-order valence-electron chi connectivity index (χ3n) is 0.678. The van der Waals surface area contributed by atoms with Gasteiger partial charge >= 0.3 is 0 Å². The second-order valence-corrected chi connectivity index (χ2v) is 2.62. The van der Waals surface area contributed by atoms with E-state index in [2.05, 4.69) is 9.36 Å². The predicted octanol–water partition coefficient (Wildman–Crippen LogP) is 1.33. The molecule has 0 aliphatic carbocycles. The Labute approximate surface area is 57.9 Å². The Morgan fingerprint density at radius 2 is 2.44 bits per heavy atom. The molecule has 0 atom stereocenters. The summed E-state index contributed by atoms with van der Waals surface area (Å²) < 4.78 is 8.98. The number of hydrogen-bond donors (Lipinski definition) is 0. The molecule has 0 saturated carbocycles. The van der Waals surface area contributed by atoms with E-state index in [0.717, 1.165) is 0 Å². The zero-order chi connectivity index (χ0) is 6.69. The quantitative estimate of drug-likeness (QED) is 0.628. The Morgan fingerprint density at radius 1 is 1.67 bits per heavy atom. The molecule has 9 heavy (non-hydrogen) atoms. The summed E-state index contributed by atoms with van der Waals surface area (Å²) in [5, 5.41) is 0.644. The summed E-state index contributed by atoms with van der Waals surface area (Å²) in [5.74, 6) is 0. The summed E-state index contributed by atoms with van der Waals surface area (Å²) in [6.07, 6.45) is 1.68. The van der Waals surface area contributed by atoms with Crippen molar-refractivity contribution in [2.45, 2.75) is 20.0 Å². The van der Waals surface area contributed by atoms with Crippen LogP contribution in [0.3, 0.4) is 0 Å². The molecule has 0 aliphatic rings. The van der Waals surface area contributed by atoms with E-state index in [4.69, 9.17) is 4.74 Å². The number of nitrogens with zero attached hydrogens (tertiary/aromatic N) is 2. The normalized spacial score (nSPS) is 10.1. The highest BCUT2D eigenvalue weighted by molar-refractivity contribution is 7.07. The molecule has 0 aliphatic heterocycles. The Morgan fingerprint density at radius 3 is 2.89 bits per heavy atom. The first-order valence-electron chi connectivity index (χ1n) is 2.72. The van der Waals surface area contributed by atoms with Crippen LogP contribution < -0.4 is 4.74 Å².